The van der Waals surface area contributed by atoms with Crippen molar-refractivity contribution in [2.75, 3.05) is 7.05 Å². The summed E-state index contributed by atoms with van der Waals surface area (Å²) in [7, 11) is 1.68. The first kappa shape index (κ1) is 15.4. The van der Waals surface area contributed by atoms with Crippen LogP contribution in [0.25, 0.3) is 0 Å². The van der Waals surface area contributed by atoms with E-state index < -0.39 is 17.1 Å². The van der Waals surface area contributed by atoms with E-state index in [0.29, 0.717) is 5.56 Å². The van der Waals surface area contributed by atoms with Gasteiger partial charge in [-0.1, -0.05) is 13.8 Å². The third-order valence-corrected chi connectivity index (χ3v) is 4.63. The fourth-order valence-electron chi connectivity index (χ4n) is 3.18. The summed E-state index contributed by atoms with van der Waals surface area (Å²) in [6.45, 7) is 3.65. The van der Waals surface area contributed by atoms with Gasteiger partial charge in [0.2, 0.25) is 5.91 Å². The van der Waals surface area contributed by atoms with Crippen LogP contribution in [0.5, 0.6) is 0 Å². The summed E-state index contributed by atoms with van der Waals surface area (Å²) < 4.78 is 14.4. The molecule has 1 aromatic rings. The summed E-state index contributed by atoms with van der Waals surface area (Å²) in [5.41, 5.74) is 0.623. The molecular weight excluding hydrogens is 297 g/mol. The normalized spacial score (nSPS) is 22.8. The second-order valence-corrected chi connectivity index (χ2v) is 6.42. The summed E-state index contributed by atoms with van der Waals surface area (Å²) in [5, 5.41) is 2.58. The van der Waals surface area contributed by atoms with Crippen molar-refractivity contribution < 1.29 is 14.0 Å². The zero-order chi connectivity index (χ0) is 16.8. The first-order chi connectivity index (χ1) is 10.8. The molecule has 5 nitrogen and oxygen atoms in total. The molecule has 1 aliphatic carbocycles. The second kappa shape index (κ2) is 5.30. The molecule has 0 aromatic carbocycles. The molecule has 1 aromatic heterocycles. The number of hydrogen-bond donors (Lipinski definition) is 1. The van der Waals surface area contributed by atoms with Crippen LogP contribution in [-0.4, -0.2) is 28.7 Å². The summed E-state index contributed by atoms with van der Waals surface area (Å²) in [6, 6.07) is 3.11. The van der Waals surface area contributed by atoms with Gasteiger partial charge in [0, 0.05) is 43.0 Å². The van der Waals surface area contributed by atoms with Gasteiger partial charge < -0.3 is 10.2 Å². The van der Waals surface area contributed by atoms with Gasteiger partial charge in [0.1, 0.15) is 5.83 Å². The van der Waals surface area contributed by atoms with Crippen molar-refractivity contribution in [3.63, 3.8) is 0 Å². The van der Waals surface area contributed by atoms with Crippen LogP contribution in [0, 0.1) is 11.3 Å². The van der Waals surface area contributed by atoms with Crippen LogP contribution in [0.4, 0.5) is 4.39 Å². The van der Waals surface area contributed by atoms with Crippen LogP contribution in [0.15, 0.2) is 47.8 Å². The molecule has 0 radical (unpaired) electrons. The number of fused-ring (bicyclic) bond motifs is 1. The Bertz CT molecular complexity index is 737. The highest BCUT2D eigenvalue weighted by atomic mass is 19.1. The molecule has 0 saturated carbocycles. The molecular formula is C17H18FN3O2. The molecule has 1 fully saturated rings. The van der Waals surface area contributed by atoms with Gasteiger partial charge in [-0.3, -0.25) is 14.6 Å². The molecule has 3 rings (SSSR count). The number of carbonyl (C=O) groups is 2. The largest absolute Gasteiger partial charge is 0.320 e. The number of pyridine rings is 1. The highest BCUT2D eigenvalue weighted by Crippen LogP contribution is 2.48. The Labute approximate surface area is 133 Å². The standard InChI is InChI=1S/C17H18FN3O2/c1-17(2)11-8-12(18)13(9-14(11)21(3)16(17)23)20-15(22)10-4-6-19-7-5-10/h4-7,9,11H,8H2,1-3H3,(H,20,22). The lowest BCUT2D eigenvalue weighted by Crippen LogP contribution is -2.30. The van der Waals surface area contributed by atoms with E-state index in [0.717, 1.165) is 5.70 Å². The minimum atomic E-state index is -0.640. The van der Waals surface area contributed by atoms with Gasteiger partial charge in [0.05, 0.1) is 11.1 Å². The van der Waals surface area contributed by atoms with E-state index in [1.807, 2.05) is 13.8 Å². The predicted molar refractivity (Wildman–Crippen MR) is 82.6 cm³/mol. The topological polar surface area (TPSA) is 62.3 Å². The van der Waals surface area contributed by atoms with Crippen molar-refractivity contribution in [3.8, 4) is 0 Å². The van der Waals surface area contributed by atoms with Gasteiger partial charge >= 0.3 is 0 Å². The van der Waals surface area contributed by atoms with Crippen molar-refractivity contribution in [2.24, 2.45) is 11.3 Å². The molecule has 1 unspecified atom stereocenters. The number of nitrogens with zero attached hydrogens (tertiary/aromatic N) is 2. The van der Waals surface area contributed by atoms with Crippen LogP contribution in [-0.2, 0) is 4.79 Å². The number of amides is 2. The van der Waals surface area contributed by atoms with Gasteiger partial charge in [0.15, 0.2) is 0 Å². The lowest BCUT2D eigenvalue weighted by Gasteiger charge is -2.26. The van der Waals surface area contributed by atoms with E-state index in [-0.39, 0.29) is 23.9 Å². The fraction of sp³-hybridized carbons (Fsp3) is 0.353. The average molecular weight is 315 g/mol. The molecule has 6 heteroatoms. The smallest absolute Gasteiger partial charge is 0.255 e. The Morgan fingerprint density at radius 1 is 1.39 bits per heavy atom. The quantitative estimate of drug-likeness (QED) is 0.911. The Morgan fingerprint density at radius 3 is 2.70 bits per heavy atom. The number of carbonyl (C=O) groups excluding carboxylic acids is 2. The van der Waals surface area contributed by atoms with Crippen molar-refractivity contribution in [2.45, 2.75) is 20.3 Å². The lowest BCUT2D eigenvalue weighted by molar-refractivity contribution is -0.133. The average Bonchev–Trinajstić information content (AvgIpc) is 2.70. The maximum Gasteiger partial charge on any atom is 0.255 e. The molecule has 120 valence electrons. The lowest BCUT2D eigenvalue weighted by atomic mass is 9.76. The van der Waals surface area contributed by atoms with Gasteiger partial charge in [-0.2, -0.15) is 0 Å². The van der Waals surface area contributed by atoms with E-state index in [4.69, 9.17) is 0 Å². The first-order valence-electron chi connectivity index (χ1n) is 7.42. The van der Waals surface area contributed by atoms with Crippen molar-refractivity contribution in [1.29, 1.82) is 0 Å². The highest BCUT2D eigenvalue weighted by molar-refractivity contribution is 5.95. The molecule has 1 N–H and O–H groups in total. The molecule has 23 heavy (non-hydrogen) atoms. The first-order valence-corrected chi connectivity index (χ1v) is 7.42. The monoisotopic (exact) mass is 315 g/mol. The molecule has 2 amide bonds. The Balaban J connectivity index is 1.88. The molecule has 1 aliphatic heterocycles. The third kappa shape index (κ3) is 2.44. The van der Waals surface area contributed by atoms with Gasteiger partial charge in [0.25, 0.3) is 5.91 Å². The minimum absolute atomic E-state index is 0.0386. The second-order valence-electron chi connectivity index (χ2n) is 6.42. The predicted octanol–water partition coefficient (Wildman–Crippen LogP) is 2.39. The van der Waals surface area contributed by atoms with Crippen molar-refractivity contribution in [1.82, 2.24) is 15.2 Å². The third-order valence-electron chi connectivity index (χ3n) is 4.63. The Morgan fingerprint density at radius 2 is 2.04 bits per heavy atom. The highest BCUT2D eigenvalue weighted by Gasteiger charge is 2.50. The molecule has 2 aliphatic rings. The maximum atomic E-state index is 14.4. The zero-order valence-corrected chi connectivity index (χ0v) is 13.3. The van der Waals surface area contributed by atoms with Gasteiger partial charge in [-0.05, 0) is 18.2 Å². The van der Waals surface area contributed by atoms with Gasteiger partial charge in [-0.25, -0.2) is 4.39 Å². The number of rotatable bonds is 2. The number of allylic oxidation sites excluding steroid dienone is 3. The number of hydrogen-bond acceptors (Lipinski definition) is 3. The van der Waals surface area contributed by atoms with E-state index in [9.17, 15) is 14.0 Å². The molecule has 0 bridgehead atoms. The Hall–Kier alpha value is -2.50. The van der Waals surface area contributed by atoms with Crippen LogP contribution < -0.4 is 5.32 Å². The number of halogens is 1. The van der Waals surface area contributed by atoms with Crippen LogP contribution in [0.2, 0.25) is 0 Å². The van der Waals surface area contributed by atoms with Crippen LogP contribution in [0.1, 0.15) is 30.6 Å². The maximum absolute atomic E-state index is 14.4. The number of nitrogens with one attached hydrogen (secondary N) is 1. The summed E-state index contributed by atoms with van der Waals surface area (Å²) in [6.07, 6.45) is 4.68. The SMILES string of the molecule is CN1C(=O)C(C)(C)C2CC(F)=C(NC(=O)c3ccncc3)C=C21. The molecule has 2 heterocycles. The van der Waals surface area contributed by atoms with Crippen LogP contribution >= 0.6 is 0 Å². The van der Waals surface area contributed by atoms with E-state index in [1.165, 1.54) is 12.4 Å². The van der Waals surface area contributed by atoms with E-state index in [2.05, 4.69) is 10.3 Å². The Kier molecular flexibility index (Phi) is 3.55. The number of aromatic nitrogens is 1. The fourth-order valence-corrected chi connectivity index (χ4v) is 3.18. The zero-order valence-electron chi connectivity index (χ0n) is 13.3. The van der Waals surface area contributed by atoms with Crippen LogP contribution in [0.3, 0.4) is 0 Å². The molecule has 1 atom stereocenters. The van der Waals surface area contributed by atoms with Crippen molar-refractivity contribution in [3.05, 3.63) is 53.4 Å². The van der Waals surface area contributed by atoms with E-state index in [1.54, 1.807) is 30.2 Å². The molecule has 0 spiro atoms. The number of likely N-dealkylation sites (tertiary alicyclic amines) is 1. The molecule has 1 saturated heterocycles. The summed E-state index contributed by atoms with van der Waals surface area (Å²) in [4.78, 5) is 29.9. The van der Waals surface area contributed by atoms with Gasteiger partial charge in [-0.15, -0.1) is 0 Å². The summed E-state index contributed by atoms with van der Waals surface area (Å²) in [5.74, 6) is -1.05. The minimum Gasteiger partial charge on any atom is -0.320 e. The van der Waals surface area contributed by atoms with Crippen molar-refractivity contribution >= 4 is 11.8 Å². The van der Waals surface area contributed by atoms with E-state index >= 15 is 0 Å². The summed E-state index contributed by atoms with van der Waals surface area (Å²) >= 11 is 0.